The van der Waals surface area contributed by atoms with E-state index in [-0.39, 0.29) is 0 Å². The van der Waals surface area contributed by atoms with Crippen LogP contribution in [-0.4, -0.2) is 36.1 Å². The van der Waals surface area contributed by atoms with E-state index in [9.17, 15) is 0 Å². The van der Waals surface area contributed by atoms with E-state index in [4.69, 9.17) is 0 Å². The number of likely N-dealkylation sites (N-methyl/N-ethyl adjacent to an activating group) is 1. The number of aryl methyl sites for hydroxylation is 2. The number of aromatic nitrogens is 1. The van der Waals surface area contributed by atoms with Crippen LogP contribution in [0.25, 0.3) is 0 Å². The van der Waals surface area contributed by atoms with E-state index in [1.54, 1.807) is 0 Å². The molecule has 0 spiro atoms. The molecule has 88 valence electrons. The molecule has 0 aliphatic carbocycles. The minimum atomic E-state index is 0.560. The highest BCUT2D eigenvalue weighted by atomic mass is 15.2. The van der Waals surface area contributed by atoms with E-state index in [1.165, 1.54) is 24.1 Å². The molecule has 0 bridgehead atoms. The number of nitrogens with one attached hydrogen (secondary N) is 1. The lowest BCUT2D eigenvalue weighted by atomic mass is 10.1. The van der Waals surface area contributed by atoms with Crippen LogP contribution in [0.5, 0.6) is 0 Å². The molecule has 3 nitrogen and oxygen atoms in total. The van der Waals surface area contributed by atoms with Crippen LogP contribution < -0.4 is 5.32 Å². The minimum absolute atomic E-state index is 0.560. The minimum Gasteiger partial charge on any atom is -0.366 e. The maximum Gasteiger partial charge on any atom is 0.126 e. The fourth-order valence-corrected chi connectivity index (χ4v) is 2.29. The summed E-state index contributed by atoms with van der Waals surface area (Å²) in [6, 6.07) is 2.75. The van der Waals surface area contributed by atoms with Gasteiger partial charge in [-0.05, 0) is 50.6 Å². The fourth-order valence-electron chi connectivity index (χ4n) is 2.29. The maximum atomic E-state index is 4.45. The first kappa shape index (κ1) is 11.4. The largest absolute Gasteiger partial charge is 0.366 e. The molecule has 1 aromatic heterocycles. The average Bonchev–Trinajstić information content (AvgIpc) is 2.67. The molecular weight excluding hydrogens is 198 g/mol. The standard InChI is InChI=1S/C13H21N3/c1-4-11-7-13(14-8-10(11)2)15-12-5-6-16(3)9-12/h7-8,12H,4-6,9H2,1-3H3,(H,14,15). The first-order valence-electron chi connectivity index (χ1n) is 6.09. The van der Waals surface area contributed by atoms with Gasteiger partial charge in [0.05, 0.1) is 0 Å². The Labute approximate surface area is 97.9 Å². The Hall–Kier alpha value is -1.09. The van der Waals surface area contributed by atoms with Crippen molar-refractivity contribution in [3.8, 4) is 0 Å². The molecule has 0 saturated carbocycles. The highest BCUT2D eigenvalue weighted by Gasteiger charge is 2.19. The van der Waals surface area contributed by atoms with Gasteiger partial charge in [0.25, 0.3) is 0 Å². The van der Waals surface area contributed by atoms with E-state index < -0.39 is 0 Å². The SMILES string of the molecule is CCc1cc(NC2CCN(C)C2)ncc1C. The zero-order valence-electron chi connectivity index (χ0n) is 10.5. The van der Waals surface area contributed by atoms with Gasteiger partial charge in [-0.3, -0.25) is 0 Å². The third-order valence-corrected chi connectivity index (χ3v) is 3.34. The van der Waals surface area contributed by atoms with E-state index in [0.717, 1.165) is 18.8 Å². The molecule has 2 rings (SSSR count). The van der Waals surface area contributed by atoms with Crippen LogP contribution in [0.15, 0.2) is 12.3 Å². The van der Waals surface area contributed by atoms with Gasteiger partial charge in [0, 0.05) is 18.8 Å². The van der Waals surface area contributed by atoms with Crippen LogP contribution in [0.4, 0.5) is 5.82 Å². The second-order valence-electron chi connectivity index (χ2n) is 4.74. The first-order chi connectivity index (χ1) is 7.69. The normalized spacial score (nSPS) is 21.3. The highest BCUT2D eigenvalue weighted by molar-refractivity contribution is 5.41. The van der Waals surface area contributed by atoms with Crippen molar-refractivity contribution in [1.82, 2.24) is 9.88 Å². The van der Waals surface area contributed by atoms with Crippen molar-refractivity contribution >= 4 is 5.82 Å². The lowest BCUT2D eigenvalue weighted by molar-refractivity contribution is 0.414. The number of anilines is 1. The summed E-state index contributed by atoms with van der Waals surface area (Å²) in [6.07, 6.45) is 4.26. The lowest BCUT2D eigenvalue weighted by Crippen LogP contribution is -2.24. The summed E-state index contributed by atoms with van der Waals surface area (Å²) in [5.41, 5.74) is 2.68. The fraction of sp³-hybridized carbons (Fsp3) is 0.615. The quantitative estimate of drug-likeness (QED) is 0.843. The third-order valence-electron chi connectivity index (χ3n) is 3.34. The van der Waals surface area contributed by atoms with Crippen LogP contribution in [0.2, 0.25) is 0 Å². The van der Waals surface area contributed by atoms with Crippen molar-refractivity contribution in [3.05, 3.63) is 23.4 Å². The molecule has 1 N–H and O–H groups in total. The van der Waals surface area contributed by atoms with Gasteiger partial charge in [-0.15, -0.1) is 0 Å². The Morgan fingerprint density at radius 1 is 1.56 bits per heavy atom. The molecule has 0 radical (unpaired) electrons. The van der Waals surface area contributed by atoms with Crippen molar-refractivity contribution < 1.29 is 0 Å². The summed E-state index contributed by atoms with van der Waals surface area (Å²) in [5.74, 6) is 1.03. The molecule has 1 aliphatic heterocycles. The van der Waals surface area contributed by atoms with Gasteiger partial charge in [0.1, 0.15) is 5.82 Å². The van der Waals surface area contributed by atoms with Crippen LogP contribution in [-0.2, 0) is 6.42 Å². The lowest BCUT2D eigenvalue weighted by Gasteiger charge is -2.14. The molecule has 1 atom stereocenters. The smallest absolute Gasteiger partial charge is 0.126 e. The Kier molecular flexibility index (Phi) is 3.44. The molecule has 1 unspecified atom stereocenters. The van der Waals surface area contributed by atoms with Crippen molar-refractivity contribution in [3.63, 3.8) is 0 Å². The van der Waals surface area contributed by atoms with E-state index in [2.05, 4.69) is 42.2 Å². The molecule has 16 heavy (non-hydrogen) atoms. The predicted octanol–water partition coefficient (Wildman–Crippen LogP) is 2.07. The summed E-state index contributed by atoms with van der Waals surface area (Å²) in [6.45, 7) is 6.62. The second kappa shape index (κ2) is 4.83. The van der Waals surface area contributed by atoms with Crippen LogP contribution >= 0.6 is 0 Å². The topological polar surface area (TPSA) is 28.2 Å². The van der Waals surface area contributed by atoms with Crippen molar-refractivity contribution in [2.24, 2.45) is 0 Å². The van der Waals surface area contributed by atoms with Gasteiger partial charge in [-0.2, -0.15) is 0 Å². The van der Waals surface area contributed by atoms with Crippen LogP contribution in [0.1, 0.15) is 24.5 Å². The zero-order valence-corrected chi connectivity index (χ0v) is 10.5. The maximum absolute atomic E-state index is 4.45. The average molecular weight is 219 g/mol. The summed E-state index contributed by atoms with van der Waals surface area (Å²) < 4.78 is 0. The Bertz CT molecular complexity index is 362. The van der Waals surface area contributed by atoms with Crippen LogP contribution in [0, 0.1) is 6.92 Å². The van der Waals surface area contributed by atoms with Gasteiger partial charge in [-0.1, -0.05) is 6.92 Å². The molecule has 1 aliphatic rings. The van der Waals surface area contributed by atoms with E-state index in [1.807, 2.05) is 6.20 Å². The first-order valence-corrected chi connectivity index (χ1v) is 6.09. The zero-order chi connectivity index (χ0) is 11.5. The van der Waals surface area contributed by atoms with Crippen LogP contribution in [0.3, 0.4) is 0 Å². The number of hydrogen-bond acceptors (Lipinski definition) is 3. The van der Waals surface area contributed by atoms with E-state index in [0.29, 0.717) is 6.04 Å². The molecule has 3 heteroatoms. The summed E-state index contributed by atoms with van der Waals surface area (Å²) in [5, 5.41) is 3.52. The van der Waals surface area contributed by atoms with Crippen molar-refractivity contribution in [1.29, 1.82) is 0 Å². The molecule has 1 fully saturated rings. The van der Waals surface area contributed by atoms with E-state index >= 15 is 0 Å². The molecule has 1 aromatic rings. The number of hydrogen-bond donors (Lipinski definition) is 1. The Balaban J connectivity index is 2.04. The molecular formula is C13H21N3. The van der Waals surface area contributed by atoms with Gasteiger partial charge in [0.15, 0.2) is 0 Å². The van der Waals surface area contributed by atoms with Gasteiger partial charge in [0.2, 0.25) is 0 Å². The molecule has 2 heterocycles. The second-order valence-corrected chi connectivity index (χ2v) is 4.74. The monoisotopic (exact) mass is 219 g/mol. The Morgan fingerprint density at radius 3 is 3.00 bits per heavy atom. The van der Waals surface area contributed by atoms with Crippen molar-refractivity contribution in [2.45, 2.75) is 32.7 Å². The number of pyridine rings is 1. The van der Waals surface area contributed by atoms with Gasteiger partial charge >= 0.3 is 0 Å². The number of nitrogens with zero attached hydrogens (tertiary/aromatic N) is 2. The highest BCUT2D eigenvalue weighted by Crippen LogP contribution is 2.16. The molecule has 0 aromatic carbocycles. The molecule has 0 amide bonds. The van der Waals surface area contributed by atoms with Gasteiger partial charge in [-0.25, -0.2) is 4.98 Å². The summed E-state index contributed by atoms with van der Waals surface area (Å²) >= 11 is 0. The predicted molar refractivity (Wildman–Crippen MR) is 67.9 cm³/mol. The van der Waals surface area contributed by atoms with Gasteiger partial charge < -0.3 is 10.2 Å². The summed E-state index contributed by atoms with van der Waals surface area (Å²) in [7, 11) is 2.17. The summed E-state index contributed by atoms with van der Waals surface area (Å²) in [4.78, 5) is 6.80. The molecule has 1 saturated heterocycles. The number of rotatable bonds is 3. The van der Waals surface area contributed by atoms with Crippen molar-refractivity contribution in [2.75, 3.05) is 25.5 Å². The number of likely N-dealkylation sites (tertiary alicyclic amines) is 1. The Morgan fingerprint density at radius 2 is 2.38 bits per heavy atom. The third kappa shape index (κ3) is 2.53.